The summed E-state index contributed by atoms with van der Waals surface area (Å²) >= 11 is 1.22. The molecule has 175 valence electrons. The molecule has 0 amide bonds. The number of piperidine rings is 1. The summed E-state index contributed by atoms with van der Waals surface area (Å²) in [4.78, 5) is 4.61. The van der Waals surface area contributed by atoms with Gasteiger partial charge in [-0.25, -0.2) is 13.4 Å². The van der Waals surface area contributed by atoms with Crippen LogP contribution in [0.1, 0.15) is 54.6 Å². The van der Waals surface area contributed by atoms with Gasteiger partial charge in [0.25, 0.3) is 0 Å². The summed E-state index contributed by atoms with van der Waals surface area (Å²) in [7, 11) is -3.65. The normalized spacial score (nSPS) is 17.4. The highest BCUT2D eigenvalue weighted by molar-refractivity contribution is 7.93. The van der Waals surface area contributed by atoms with E-state index >= 15 is 0 Å². The van der Waals surface area contributed by atoms with Crippen LogP contribution < -0.4 is 10.1 Å². The van der Waals surface area contributed by atoms with Gasteiger partial charge in [-0.1, -0.05) is 30.3 Å². The molecule has 4 rings (SSSR count). The number of nitrogens with one attached hydrogen (secondary N) is 1. The number of aromatic nitrogens is 1. The van der Waals surface area contributed by atoms with Crippen LogP contribution in [0.25, 0.3) is 0 Å². The lowest BCUT2D eigenvalue weighted by Crippen LogP contribution is -2.34. The zero-order valence-corrected chi connectivity index (χ0v) is 21.2. The van der Waals surface area contributed by atoms with Gasteiger partial charge in [-0.05, 0) is 82.8 Å². The van der Waals surface area contributed by atoms with E-state index in [-0.39, 0.29) is 12.1 Å². The third kappa shape index (κ3) is 5.31. The van der Waals surface area contributed by atoms with Crippen molar-refractivity contribution in [1.82, 2.24) is 10.3 Å². The predicted octanol–water partition coefficient (Wildman–Crippen LogP) is 5.62. The number of ether oxygens (including phenoxy) is 1. The molecule has 1 radical (unpaired) electrons. The molecule has 5 nitrogen and oxygen atoms in total. The number of thiazole rings is 1. The first-order chi connectivity index (χ1) is 15.8. The largest absolute Gasteiger partial charge is 0.491 e. The van der Waals surface area contributed by atoms with Crippen molar-refractivity contribution in [3.63, 3.8) is 0 Å². The Bertz CT molecular complexity index is 1200. The molecule has 3 aromatic rings. The van der Waals surface area contributed by atoms with Crippen LogP contribution in [0, 0.1) is 19.8 Å². The maximum atomic E-state index is 13.4. The zero-order chi connectivity index (χ0) is 23.6. The minimum atomic E-state index is -3.65. The van der Waals surface area contributed by atoms with Crippen molar-refractivity contribution < 1.29 is 13.2 Å². The van der Waals surface area contributed by atoms with Crippen LogP contribution in [0.2, 0.25) is 0 Å². The van der Waals surface area contributed by atoms with Gasteiger partial charge in [-0.2, -0.15) is 0 Å². The van der Waals surface area contributed by atoms with Gasteiger partial charge in [-0.3, -0.25) is 0 Å². The number of benzene rings is 2. The number of hydrogen-bond donors (Lipinski definition) is 1. The van der Waals surface area contributed by atoms with Crippen LogP contribution in [-0.4, -0.2) is 26.1 Å². The Kier molecular flexibility index (Phi) is 7.22. The van der Waals surface area contributed by atoms with Crippen molar-refractivity contribution in [3.05, 3.63) is 76.3 Å². The van der Waals surface area contributed by atoms with Gasteiger partial charge in [0.2, 0.25) is 9.84 Å². The maximum absolute atomic E-state index is 13.4. The number of hydrogen-bond acceptors (Lipinski definition) is 6. The van der Waals surface area contributed by atoms with Gasteiger partial charge < -0.3 is 10.1 Å². The molecule has 2 heterocycles. The van der Waals surface area contributed by atoms with Crippen LogP contribution in [0.3, 0.4) is 0 Å². The van der Waals surface area contributed by atoms with Crippen LogP contribution in [0.5, 0.6) is 5.75 Å². The van der Waals surface area contributed by atoms with Crippen molar-refractivity contribution in [2.45, 2.75) is 68.2 Å². The monoisotopic (exact) mass is 483 g/mol. The first kappa shape index (κ1) is 23.9. The fourth-order valence-corrected chi connectivity index (χ4v) is 7.31. The highest BCUT2D eigenvalue weighted by Crippen LogP contribution is 2.38. The Morgan fingerprint density at radius 3 is 2.58 bits per heavy atom. The predicted molar refractivity (Wildman–Crippen MR) is 133 cm³/mol. The number of sulfone groups is 1. The zero-order valence-electron chi connectivity index (χ0n) is 19.6. The third-order valence-corrected chi connectivity index (χ3v) is 9.23. The molecule has 0 bridgehead atoms. The van der Waals surface area contributed by atoms with Gasteiger partial charge in [0, 0.05) is 12.0 Å². The Labute approximate surface area is 201 Å². The molecule has 0 aliphatic carbocycles. The van der Waals surface area contributed by atoms with E-state index in [9.17, 15) is 8.42 Å². The van der Waals surface area contributed by atoms with Gasteiger partial charge in [0.05, 0.1) is 21.7 Å². The van der Waals surface area contributed by atoms with E-state index in [0.717, 1.165) is 35.7 Å². The van der Waals surface area contributed by atoms with E-state index in [1.165, 1.54) is 22.8 Å². The lowest BCUT2D eigenvalue weighted by Gasteiger charge is -2.33. The molecule has 1 aliphatic rings. The lowest BCUT2D eigenvalue weighted by molar-refractivity contribution is 0.239. The van der Waals surface area contributed by atoms with E-state index in [2.05, 4.69) is 34.6 Å². The minimum Gasteiger partial charge on any atom is -0.491 e. The van der Waals surface area contributed by atoms with Crippen molar-refractivity contribution >= 4 is 21.2 Å². The molecule has 1 N–H and O–H groups in total. The number of rotatable bonds is 7. The molecule has 0 spiro atoms. The Morgan fingerprint density at radius 2 is 1.91 bits per heavy atom. The number of nitrogens with zero attached hydrogens (tertiary/aromatic N) is 1. The number of aryl methyl sites for hydroxylation is 2. The first-order valence-corrected chi connectivity index (χ1v) is 13.7. The quantitative estimate of drug-likeness (QED) is 0.472. The Morgan fingerprint density at radius 1 is 1.15 bits per heavy atom. The molecule has 33 heavy (non-hydrogen) atoms. The van der Waals surface area contributed by atoms with Crippen molar-refractivity contribution in [3.8, 4) is 5.75 Å². The molecule has 1 aromatic heterocycles. The Balaban J connectivity index is 1.72. The summed E-state index contributed by atoms with van der Waals surface area (Å²) in [6.45, 7) is 8.52. The van der Waals surface area contributed by atoms with Crippen molar-refractivity contribution in [2.75, 3.05) is 6.54 Å². The molecule has 7 heteroatoms. The molecule has 0 unspecified atom stereocenters. The minimum absolute atomic E-state index is 0.00278. The van der Waals surface area contributed by atoms with Gasteiger partial charge >= 0.3 is 0 Å². The third-order valence-electron chi connectivity index (χ3n) is 5.79. The van der Waals surface area contributed by atoms with Crippen LogP contribution in [-0.2, 0) is 16.3 Å². The topological polar surface area (TPSA) is 68.3 Å². The summed E-state index contributed by atoms with van der Waals surface area (Å²) in [5, 5.41) is 4.39. The fraction of sp³-hybridized carbons (Fsp3) is 0.385. The molecule has 1 atom stereocenters. The highest BCUT2D eigenvalue weighted by Gasteiger charge is 2.29. The molecular weight excluding hydrogens is 452 g/mol. The fourth-order valence-electron chi connectivity index (χ4n) is 4.38. The van der Waals surface area contributed by atoms with Gasteiger partial charge in [-0.15, -0.1) is 11.3 Å². The van der Waals surface area contributed by atoms with Crippen molar-refractivity contribution in [1.29, 1.82) is 0 Å². The first-order valence-electron chi connectivity index (χ1n) is 11.4. The van der Waals surface area contributed by atoms with Gasteiger partial charge in [0.15, 0.2) is 0 Å². The van der Waals surface area contributed by atoms with Crippen molar-refractivity contribution in [2.24, 2.45) is 0 Å². The van der Waals surface area contributed by atoms with E-state index in [4.69, 9.17) is 4.74 Å². The molecule has 1 aliphatic heterocycles. The van der Waals surface area contributed by atoms with E-state index < -0.39 is 9.84 Å². The average Bonchev–Trinajstić information content (AvgIpc) is 3.14. The lowest BCUT2D eigenvalue weighted by atomic mass is 9.82. The van der Waals surface area contributed by atoms with E-state index in [1.54, 1.807) is 25.1 Å². The van der Waals surface area contributed by atoms with E-state index in [0.29, 0.717) is 21.2 Å². The summed E-state index contributed by atoms with van der Waals surface area (Å²) in [6.07, 6.45) is 2.73. The summed E-state index contributed by atoms with van der Waals surface area (Å²) < 4.78 is 33.3. The summed E-state index contributed by atoms with van der Waals surface area (Å²) in [5.74, 6) is 2.09. The van der Waals surface area contributed by atoms with Crippen LogP contribution in [0.15, 0.2) is 57.6 Å². The second-order valence-electron chi connectivity index (χ2n) is 8.78. The molecule has 1 saturated heterocycles. The van der Waals surface area contributed by atoms with Gasteiger partial charge in [0.1, 0.15) is 9.96 Å². The van der Waals surface area contributed by atoms with Crippen LogP contribution >= 0.6 is 11.3 Å². The Hall–Kier alpha value is -2.22. The molecular formula is C26H31N2O3S2. The average molecular weight is 484 g/mol. The summed E-state index contributed by atoms with van der Waals surface area (Å²) in [5.41, 5.74) is 2.69. The highest BCUT2D eigenvalue weighted by atomic mass is 32.2. The standard InChI is InChI=1S/C26H31N2O3S2/c1-17(2)31-24-13-12-23(33(29,30)26-18(3)28-19(4)32-26)16-22(24)15-21-11-8-14-27-25(21)20-9-6-5-7-10-20/h5-7,9-10,12-13,16-17,25,27H,8,11,14-15H2,1-4H3/t25-/m1/s1. The van der Waals surface area contributed by atoms with Crippen LogP contribution in [0.4, 0.5) is 0 Å². The SMILES string of the molecule is Cc1nc(C)c(S(=O)(=O)c2ccc(OC(C)C)c(C[C]3CCCN[C@@H]3c3ccccc3)c2)s1. The second kappa shape index (κ2) is 9.95. The molecule has 0 saturated carbocycles. The smallest absolute Gasteiger partial charge is 0.217 e. The molecule has 2 aromatic carbocycles. The molecule has 1 fully saturated rings. The second-order valence-corrected chi connectivity index (χ2v) is 12.1. The van der Waals surface area contributed by atoms with E-state index in [1.807, 2.05) is 26.8 Å². The summed E-state index contributed by atoms with van der Waals surface area (Å²) in [6, 6.07) is 15.8. The maximum Gasteiger partial charge on any atom is 0.217 e.